The molecule has 0 aromatic heterocycles. The summed E-state index contributed by atoms with van der Waals surface area (Å²) in [5, 5.41) is 2.71. The summed E-state index contributed by atoms with van der Waals surface area (Å²) in [5.74, 6) is -0.854. The second-order valence-electron chi connectivity index (χ2n) is 1.80. The van der Waals surface area contributed by atoms with Crippen LogP contribution in [0, 0.1) is 0 Å². The van der Waals surface area contributed by atoms with Crippen molar-refractivity contribution in [2.75, 3.05) is 0 Å². The molecule has 0 aliphatic carbocycles. The maximum Gasteiger partial charge on any atom is 0.376 e. The van der Waals surface area contributed by atoms with Gasteiger partial charge in [0.2, 0.25) is 0 Å². The molecule has 0 aliphatic heterocycles. The largest absolute Gasteiger partial charge is 0.376 e. The fraction of sp³-hybridized carbons (Fsp3) is 0. The van der Waals surface area contributed by atoms with Gasteiger partial charge in [0.05, 0.1) is 5.56 Å². The minimum atomic E-state index is -0.854. The van der Waals surface area contributed by atoms with Crippen LogP contribution in [0.5, 0.6) is 0 Å². The summed E-state index contributed by atoms with van der Waals surface area (Å²) in [6, 6.07) is 7.97. The third kappa shape index (κ3) is 2.01. The Bertz CT molecular complexity index is 235. The molecule has 1 aromatic carbocycles. The highest BCUT2D eigenvalue weighted by atomic mass is 19.3. The lowest BCUT2D eigenvalue weighted by atomic mass is 10.2. The molecule has 11 heavy (non-hydrogen) atoms. The van der Waals surface area contributed by atoms with Gasteiger partial charge in [-0.25, -0.2) is 4.79 Å². The Morgan fingerprint density at radius 1 is 1.27 bits per heavy atom. The molecule has 0 heterocycles. The van der Waals surface area contributed by atoms with E-state index in [9.17, 15) is 9.32 Å². The third-order valence-electron chi connectivity index (χ3n) is 1.12. The van der Waals surface area contributed by atoms with Gasteiger partial charge in [-0.05, 0) is 16.7 Å². The van der Waals surface area contributed by atoms with Crippen molar-refractivity contribution in [2.24, 2.45) is 0 Å². The van der Waals surface area contributed by atoms with Gasteiger partial charge in [-0.1, -0.05) is 18.2 Å². The standard InChI is InChI=1S/C7H5FO3/c8-11-10-7(9)6-4-2-1-3-5-6/h1-5H. The summed E-state index contributed by atoms with van der Waals surface area (Å²) in [7, 11) is 0. The van der Waals surface area contributed by atoms with Crippen molar-refractivity contribution in [3.63, 3.8) is 0 Å². The summed E-state index contributed by atoms with van der Waals surface area (Å²) in [6.07, 6.45) is 0. The van der Waals surface area contributed by atoms with Crippen molar-refractivity contribution < 1.29 is 19.3 Å². The van der Waals surface area contributed by atoms with E-state index in [1.807, 2.05) is 0 Å². The van der Waals surface area contributed by atoms with Crippen LogP contribution in [0.1, 0.15) is 10.4 Å². The molecular weight excluding hydrogens is 151 g/mol. The smallest absolute Gasteiger partial charge is 0.259 e. The van der Waals surface area contributed by atoms with Crippen LogP contribution in [0.4, 0.5) is 4.53 Å². The Balaban J connectivity index is 2.69. The molecule has 0 radical (unpaired) electrons. The predicted octanol–water partition coefficient (Wildman–Crippen LogP) is 1.66. The van der Waals surface area contributed by atoms with Gasteiger partial charge in [0.25, 0.3) is 0 Å². The molecule has 0 aliphatic rings. The molecule has 58 valence electrons. The first-order chi connectivity index (χ1) is 5.34. The second kappa shape index (κ2) is 3.68. The second-order valence-corrected chi connectivity index (χ2v) is 1.80. The first kappa shape index (κ1) is 7.68. The third-order valence-corrected chi connectivity index (χ3v) is 1.12. The molecule has 0 saturated heterocycles. The van der Waals surface area contributed by atoms with E-state index in [4.69, 9.17) is 0 Å². The van der Waals surface area contributed by atoms with E-state index in [1.165, 1.54) is 12.1 Å². The SMILES string of the molecule is O=C(OOF)c1ccccc1. The van der Waals surface area contributed by atoms with Crippen LogP contribution in [-0.4, -0.2) is 5.97 Å². The molecule has 0 spiro atoms. The van der Waals surface area contributed by atoms with E-state index < -0.39 is 5.97 Å². The highest BCUT2D eigenvalue weighted by Crippen LogP contribution is 2.00. The van der Waals surface area contributed by atoms with Gasteiger partial charge in [0, 0.05) is 5.09 Å². The van der Waals surface area contributed by atoms with Crippen LogP contribution in [0.2, 0.25) is 0 Å². The molecule has 1 rings (SSSR count). The quantitative estimate of drug-likeness (QED) is 0.482. The van der Waals surface area contributed by atoms with Gasteiger partial charge in [0.1, 0.15) is 0 Å². The van der Waals surface area contributed by atoms with Crippen molar-refractivity contribution in [3.05, 3.63) is 35.9 Å². The number of rotatable bonds is 2. The van der Waals surface area contributed by atoms with Gasteiger partial charge in [-0.3, -0.25) is 4.89 Å². The first-order valence-electron chi connectivity index (χ1n) is 2.89. The van der Waals surface area contributed by atoms with Gasteiger partial charge in [0.15, 0.2) is 0 Å². The molecule has 0 fully saturated rings. The first-order valence-corrected chi connectivity index (χ1v) is 2.89. The zero-order valence-corrected chi connectivity index (χ0v) is 5.49. The maximum atomic E-state index is 11.0. The van der Waals surface area contributed by atoms with Gasteiger partial charge in [-0.2, -0.15) is 0 Å². The minimum Gasteiger partial charge on any atom is -0.259 e. The van der Waals surface area contributed by atoms with E-state index in [0.29, 0.717) is 0 Å². The van der Waals surface area contributed by atoms with E-state index in [1.54, 1.807) is 18.2 Å². The van der Waals surface area contributed by atoms with Crippen LogP contribution in [0.25, 0.3) is 0 Å². The van der Waals surface area contributed by atoms with Crippen molar-refractivity contribution >= 4 is 5.97 Å². The highest BCUT2D eigenvalue weighted by molar-refractivity contribution is 5.88. The lowest BCUT2D eigenvalue weighted by Crippen LogP contribution is -2.01. The lowest BCUT2D eigenvalue weighted by Gasteiger charge is -1.94. The van der Waals surface area contributed by atoms with Crippen molar-refractivity contribution in [1.82, 2.24) is 0 Å². The Morgan fingerprint density at radius 3 is 2.45 bits per heavy atom. The summed E-state index contributed by atoms with van der Waals surface area (Å²) in [5.41, 5.74) is 0.241. The number of carbonyl (C=O) groups is 1. The number of hydrogen-bond acceptors (Lipinski definition) is 3. The summed E-state index contributed by atoms with van der Waals surface area (Å²) >= 11 is 0. The minimum absolute atomic E-state index is 0.241. The molecule has 3 nitrogen and oxygen atoms in total. The van der Waals surface area contributed by atoms with Crippen LogP contribution >= 0.6 is 0 Å². The maximum absolute atomic E-state index is 11.0. The molecule has 0 saturated carbocycles. The number of halogens is 1. The summed E-state index contributed by atoms with van der Waals surface area (Å²) in [4.78, 5) is 14.3. The Labute approximate surface area is 62.2 Å². The average Bonchev–Trinajstić information content (AvgIpc) is 2.07. The lowest BCUT2D eigenvalue weighted by molar-refractivity contribution is -0.388. The van der Waals surface area contributed by atoms with E-state index in [-0.39, 0.29) is 5.56 Å². The molecule has 4 heteroatoms. The molecule has 0 bridgehead atoms. The average molecular weight is 156 g/mol. The fourth-order valence-corrected chi connectivity index (χ4v) is 0.651. The zero-order valence-electron chi connectivity index (χ0n) is 5.49. The molecule has 0 amide bonds. The molecule has 0 unspecified atom stereocenters. The van der Waals surface area contributed by atoms with Gasteiger partial charge in [-0.15, -0.1) is 0 Å². The Morgan fingerprint density at radius 2 is 1.91 bits per heavy atom. The zero-order chi connectivity index (χ0) is 8.10. The van der Waals surface area contributed by atoms with Gasteiger partial charge < -0.3 is 0 Å². The van der Waals surface area contributed by atoms with E-state index in [0.717, 1.165) is 0 Å². The number of carbonyl (C=O) groups excluding carboxylic acids is 1. The molecule has 1 aromatic rings. The molecular formula is C7H5FO3. The van der Waals surface area contributed by atoms with Crippen molar-refractivity contribution in [3.8, 4) is 0 Å². The molecule has 0 N–H and O–H groups in total. The highest BCUT2D eigenvalue weighted by Gasteiger charge is 2.05. The number of hydrogen-bond donors (Lipinski definition) is 0. The van der Waals surface area contributed by atoms with Crippen LogP contribution in [0.15, 0.2) is 30.3 Å². The van der Waals surface area contributed by atoms with Crippen molar-refractivity contribution in [2.45, 2.75) is 0 Å². The van der Waals surface area contributed by atoms with E-state index >= 15 is 0 Å². The van der Waals surface area contributed by atoms with Gasteiger partial charge >= 0.3 is 5.97 Å². The monoisotopic (exact) mass is 156 g/mol. The summed E-state index contributed by atoms with van der Waals surface area (Å²) in [6.45, 7) is 0. The predicted molar refractivity (Wildman–Crippen MR) is 34.1 cm³/mol. The van der Waals surface area contributed by atoms with Crippen molar-refractivity contribution in [1.29, 1.82) is 0 Å². The Kier molecular flexibility index (Phi) is 2.57. The normalized spacial score (nSPS) is 9.18. The topological polar surface area (TPSA) is 35.5 Å². The molecule has 0 atom stereocenters. The van der Waals surface area contributed by atoms with Crippen LogP contribution in [0.3, 0.4) is 0 Å². The summed E-state index contributed by atoms with van der Waals surface area (Å²) < 4.78 is 11.0. The van der Waals surface area contributed by atoms with E-state index in [2.05, 4.69) is 9.98 Å². The van der Waals surface area contributed by atoms with Crippen LogP contribution < -0.4 is 0 Å². The van der Waals surface area contributed by atoms with Crippen LogP contribution in [-0.2, 0) is 9.98 Å². The Hall–Kier alpha value is -1.42. The fourth-order valence-electron chi connectivity index (χ4n) is 0.651. The number of benzene rings is 1.